The number of carbonyl (C=O) groups excluding carboxylic acids is 2. The van der Waals surface area contributed by atoms with E-state index in [9.17, 15) is 9.59 Å². The number of piperidine rings is 1. The van der Waals surface area contributed by atoms with Crippen LogP contribution in [0.3, 0.4) is 0 Å². The molecule has 0 radical (unpaired) electrons. The number of amides is 2. The predicted octanol–water partition coefficient (Wildman–Crippen LogP) is 3.15. The van der Waals surface area contributed by atoms with Crippen molar-refractivity contribution >= 4 is 17.5 Å². The van der Waals surface area contributed by atoms with Gasteiger partial charge in [0.05, 0.1) is 13.2 Å². The van der Waals surface area contributed by atoms with Gasteiger partial charge in [0.1, 0.15) is 11.5 Å². The molecule has 0 saturated carbocycles. The molecule has 0 bridgehead atoms. The van der Waals surface area contributed by atoms with Gasteiger partial charge < -0.3 is 19.7 Å². The molecule has 1 aliphatic heterocycles. The van der Waals surface area contributed by atoms with E-state index in [0.717, 1.165) is 36.4 Å². The quantitative estimate of drug-likeness (QED) is 0.718. The minimum absolute atomic E-state index is 0.0752. The molecule has 2 aromatic rings. The molecule has 1 saturated heterocycles. The van der Waals surface area contributed by atoms with Crippen LogP contribution in [0.15, 0.2) is 48.5 Å². The van der Waals surface area contributed by atoms with Crippen molar-refractivity contribution in [2.75, 3.05) is 31.2 Å². The third-order valence-corrected chi connectivity index (χ3v) is 4.61. The summed E-state index contributed by atoms with van der Waals surface area (Å²) in [5.41, 5.74) is 1.74. The summed E-state index contributed by atoms with van der Waals surface area (Å²) in [6.07, 6.45) is 2.62. The van der Waals surface area contributed by atoms with Gasteiger partial charge in [-0.3, -0.25) is 9.59 Å². The Morgan fingerprint density at radius 2 is 1.73 bits per heavy atom. The van der Waals surface area contributed by atoms with E-state index < -0.39 is 0 Å². The number of nitrogens with one attached hydrogen (secondary N) is 1. The van der Waals surface area contributed by atoms with Gasteiger partial charge in [-0.15, -0.1) is 0 Å². The summed E-state index contributed by atoms with van der Waals surface area (Å²) in [5, 5.41) is 2.71. The SMILES string of the molecule is CCOc1ccc(OCC(=O)NCC#Cc2ccc(N3CCCCC3=O)cc2)cc1. The summed E-state index contributed by atoms with van der Waals surface area (Å²) in [6, 6.07) is 14.7. The van der Waals surface area contributed by atoms with Crippen LogP contribution in [-0.4, -0.2) is 38.1 Å². The summed E-state index contributed by atoms with van der Waals surface area (Å²) >= 11 is 0. The van der Waals surface area contributed by atoms with Crippen molar-refractivity contribution in [1.82, 2.24) is 5.32 Å². The van der Waals surface area contributed by atoms with Gasteiger partial charge in [-0.2, -0.15) is 0 Å². The number of hydrogen-bond donors (Lipinski definition) is 1. The maximum absolute atomic E-state index is 12.0. The van der Waals surface area contributed by atoms with Crippen LogP contribution in [0.5, 0.6) is 11.5 Å². The predicted molar refractivity (Wildman–Crippen MR) is 116 cm³/mol. The lowest BCUT2D eigenvalue weighted by Gasteiger charge is -2.26. The Labute approximate surface area is 177 Å². The van der Waals surface area contributed by atoms with E-state index in [-0.39, 0.29) is 25.0 Å². The monoisotopic (exact) mass is 406 g/mol. The Morgan fingerprint density at radius 3 is 2.40 bits per heavy atom. The van der Waals surface area contributed by atoms with Crippen molar-refractivity contribution in [2.24, 2.45) is 0 Å². The van der Waals surface area contributed by atoms with Crippen LogP contribution in [0.4, 0.5) is 5.69 Å². The molecular formula is C24H26N2O4. The number of carbonyl (C=O) groups is 2. The highest BCUT2D eigenvalue weighted by Gasteiger charge is 2.19. The number of benzene rings is 2. The van der Waals surface area contributed by atoms with E-state index >= 15 is 0 Å². The molecule has 156 valence electrons. The average molecular weight is 406 g/mol. The fourth-order valence-electron chi connectivity index (χ4n) is 3.09. The Morgan fingerprint density at radius 1 is 1.03 bits per heavy atom. The van der Waals surface area contributed by atoms with E-state index in [1.807, 2.05) is 36.1 Å². The second-order valence-corrected chi connectivity index (χ2v) is 6.82. The molecule has 6 nitrogen and oxygen atoms in total. The summed E-state index contributed by atoms with van der Waals surface area (Å²) < 4.78 is 10.8. The maximum atomic E-state index is 12.0. The number of rotatable bonds is 7. The molecule has 1 heterocycles. The molecule has 0 atom stereocenters. The second-order valence-electron chi connectivity index (χ2n) is 6.82. The lowest BCUT2D eigenvalue weighted by molar-refractivity contribution is -0.123. The highest BCUT2D eigenvalue weighted by atomic mass is 16.5. The summed E-state index contributed by atoms with van der Waals surface area (Å²) in [5.74, 6) is 7.24. The first-order valence-corrected chi connectivity index (χ1v) is 10.2. The fraction of sp³-hybridized carbons (Fsp3) is 0.333. The Bertz CT molecular complexity index is 911. The number of ether oxygens (including phenoxy) is 2. The molecule has 0 spiro atoms. The van der Waals surface area contributed by atoms with E-state index in [2.05, 4.69) is 17.2 Å². The maximum Gasteiger partial charge on any atom is 0.258 e. The first-order valence-electron chi connectivity index (χ1n) is 10.2. The van der Waals surface area contributed by atoms with Crippen molar-refractivity contribution in [3.63, 3.8) is 0 Å². The number of anilines is 1. The van der Waals surface area contributed by atoms with Crippen LogP contribution in [0.2, 0.25) is 0 Å². The molecule has 1 N–H and O–H groups in total. The second kappa shape index (κ2) is 10.9. The van der Waals surface area contributed by atoms with Gasteiger partial charge in [-0.1, -0.05) is 11.8 Å². The van der Waals surface area contributed by atoms with Crippen LogP contribution in [0.25, 0.3) is 0 Å². The lowest BCUT2D eigenvalue weighted by atomic mass is 10.1. The summed E-state index contributed by atoms with van der Waals surface area (Å²) in [7, 11) is 0. The van der Waals surface area contributed by atoms with Crippen LogP contribution >= 0.6 is 0 Å². The van der Waals surface area contributed by atoms with E-state index in [4.69, 9.17) is 9.47 Å². The molecule has 1 aliphatic rings. The van der Waals surface area contributed by atoms with Crippen LogP contribution in [-0.2, 0) is 9.59 Å². The van der Waals surface area contributed by atoms with Crippen molar-refractivity contribution in [2.45, 2.75) is 26.2 Å². The largest absolute Gasteiger partial charge is 0.494 e. The van der Waals surface area contributed by atoms with Crippen molar-refractivity contribution in [3.05, 3.63) is 54.1 Å². The van der Waals surface area contributed by atoms with Gasteiger partial charge in [0.2, 0.25) is 5.91 Å². The van der Waals surface area contributed by atoms with E-state index in [1.54, 1.807) is 24.3 Å². The van der Waals surface area contributed by atoms with Crippen molar-refractivity contribution in [1.29, 1.82) is 0 Å². The van der Waals surface area contributed by atoms with Gasteiger partial charge in [0, 0.05) is 24.2 Å². The zero-order valence-electron chi connectivity index (χ0n) is 17.1. The van der Waals surface area contributed by atoms with Gasteiger partial charge in [0.15, 0.2) is 6.61 Å². The lowest BCUT2D eigenvalue weighted by Crippen LogP contribution is -2.35. The minimum Gasteiger partial charge on any atom is -0.494 e. The third kappa shape index (κ3) is 6.28. The molecule has 2 amide bonds. The summed E-state index contributed by atoms with van der Waals surface area (Å²) in [6.45, 7) is 3.46. The number of nitrogens with zero attached hydrogens (tertiary/aromatic N) is 1. The molecule has 0 aliphatic carbocycles. The third-order valence-electron chi connectivity index (χ3n) is 4.61. The Balaban J connectivity index is 1.40. The smallest absolute Gasteiger partial charge is 0.258 e. The van der Waals surface area contributed by atoms with Crippen molar-refractivity contribution in [3.8, 4) is 23.3 Å². The highest BCUT2D eigenvalue weighted by Crippen LogP contribution is 2.21. The fourth-order valence-corrected chi connectivity index (χ4v) is 3.09. The molecule has 1 fully saturated rings. The normalized spacial score (nSPS) is 13.2. The van der Waals surface area contributed by atoms with E-state index in [0.29, 0.717) is 18.8 Å². The standard InChI is InChI=1S/C24H26N2O4/c1-2-29-21-12-14-22(15-13-21)30-18-23(27)25-16-5-6-19-8-10-20(11-9-19)26-17-4-3-7-24(26)28/h8-15H,2-4,7,16-18H2,1H3,(H,25,27). The van der Waals surface area contributed by atoms with Crippen LogP contribution in [0, 0.1) is 11.8 Å². The zero-order valence-corrected chi connectivity index (χ0v) is 17.1. The molecule has 30 heavy (non-hydrogen) atoms. The first kappa shape index (κ1) is 21.3. The van der Waals surface area contributed by atoms with Gasteiger partial charge in [0.25, 0.3) is 5.91 Å². The van der Waals surface area contributed by atoms with E-state index in [1.165, 1.54) is 0 Å². The van der Waals surface area contributed by atoms with Crippen LogP contribution < -0.4 is 19.7 Å². The van der Waals surface area contributed by atoms with Gasteiger partial charge in [-0.05, 0) is 68.3 Å². The van der Waals surface area contributed by atoms with Crippen LogP contribution in [0.1, 0.15) is 31.7 Å². The van der Waals surface area contributed by atoms with Gasteiger partial charge in [-0.25, -0.2) is 0 Å². The first-order chi connectivity index (χ1) is 14.7. The number of hydrogen-bond acceptors (Lipinski definition) is 4. The topological polar surface area (TPSA) is 67.9 Å². The molecule has 0 aromatic heterocycles. The highest BCUT2D eigenvalue weighted by molar-refractivity contribution is 5.94. The molecule has 3 rings (SSSR count). The zero-order chi connectivity index (χ0) is 21.2. The summed E-state index contributed by atoms with van der Waals surface area (Å²) in [4.78, 5) is 25.7. The Hall–Kier alpha value is -3.46. The minimum atomic E-state index is -0.239. The molecule has 2 aromatic carbocycles. The average Bonchev–Trinajstić information content (AvgIpc) is 2.77. The Kier molecular flexibility index (Phi) is 7.73. The van der Waals surface area contributed by atoms with Crippen molar-refractivity contribution < 1.29 is 19.1 Å². The molecule has 6 heteroatoms. The molecular weight excluding hydrogens is 380 g/mol. The molecule has 0 unspecified atom stereocenters. The van der Waals surface area contributed by atoms with Gasteiger partial charge >= 0.3 is 0 Å².